The van der Waals surface area contributed by atoms with E-state index in [1.165, 1.54) is 0 Å². The number of nitrogens with zero attached hydrogens (tertiary/aromatic N) is 4. The number of aromatic nitrogens is 3. The van der Waals surface area contributed by atoms with Gasteiger partial charge in [0.25, 0.3) is 0 Å². The molecule has 8 heteroatoms. The van der Waals surface area contributed by atoms with Gasteiger partial charge in [-0.3, -0.25) is 4.79 Å². The molecule has 1 aliphatic rings. The zero-order valence-electron chi connectivity index (χ0n) is 12.5. The van der Waals surface area contributed by atoms with Crippen LogP contribution in [0, 0.1) is 0 Å². The fourth-order valence-electron chi connectivity index (χ4n) is 2.37. The molecular weight excluding hydrogens is 272 g/mol. The Bertz CT molecular complexity index is 471. The molecule has 0 radical (unpaired) electrons. The van der Waals surface area contributed by atoms with Gasteiger partial charge in [0.1, 0.15) is 6.04 Å². The van der Waals surface area contributed by atoms with Crippen LogP contribution in [0.25, 0.3) is 0 Å². The van der Waals surface area contributed by atoms with Gasteiger partial charge >= 0.3 is 6.01 Å². The van der Waals surface area contributed by atoms with Gasteiger partial charge in [-0.15, -0.1) is 0 Å². The molecule has 0 aliphatic carbocycles. The molecule has 116 valence electrons. The number of ether oxygens (including phenoxy) is 1. The van der Waals surface area contributed by atoms with Gasteiger partial charge in [0.2, 0.25) is 17.8 Å². The van der Waals surface area contributed by atoms with E-state index in [1.807, 2.05) is 18.7 Å². The molecule has 1 fully saturated rings. The quantitative estimate of drug-likeness (QED) is 0.788. The number of anilines is 2. The average Bonchev–Trinajstić information content (AvgIpc) is 2.47. The Morgan fingerprint density at radius 1 is 1.38 bits per heavy atom. The van der Waals surface area contributed by atoms with Gasteiger partial charge in [0.05, 0.1) is 6.61 Å². The molecule has 1 amide bonds. The summed E-state index contributed by atoms with van der Waals surface area (Å²) in [6.45, 7) is 5.68. The van der Waals surface area contributed by atoms with Crippen molar-refractivity contribution >= 4 is 17.8 Å². The number of carbonyl (C=O) groups is 1. The molecule has 0 bridgehead atoms. The van der Waals surface area contributed by atoms with Crippen molar-refractivity contribution in [3.8, 4) is 6.01 Å². The second-order valence-electron chi connectivity index (χ2n) is 4.81. The van der Waals surface area contributed by atoms with Crippen molar-refractivity contribution in [2.45, 2.75) is 39.2 Å². The van der Waals surface area contributed by atoms with Gasteiger partial charge in [-0.05, 0) is 33.1 Å². The van der Waals surface area contributed by atoms with E-state index >= 15 is 0 Å². The van der Waals surface area contributed by atoms with E-state index in [9.17, 15) is 4.79 Å². The minimum Gasteiger partial charge on any atom is -0.464 e. The molecule has 2 heterocycles. The summed E-state index contributed by atoms with van der Waals surface area (Å²) < 4.78 is 5.37. The van der Waals surface area contributed by atoms with Crippen LogP contribution in [0.3, 0.4) is 0 Å². The van der Waals surface area contributed by atoms with E-state index in [0.717, 1.165) is 19.3 Å². The topological polar surface area (TPSA) is 106 Å². The molecule has 1 aliphatic heterocycles. The zero-order valence-corrected chi connectivity index (χ0v) is 12.5. The van der Waals surface area contributed by atoms with Crippen molar-refractivity contribution < 1.29 is 9.53 Å². The van der Waals surface area contributed by atoms with E-state index in [1.54, 1.807) is 0 Å². The van der Waals surface area contributed by atoms with Gasteiger partial charge < -0.3 is 20.7 Å². The van der Waals surface area contributed by atoms with Crippen molar-refractivity contribution in [3.05, 3.63) is 0 Å². The summed E-state index contributed by atoms with van der Waals surface area (Å²) in [6, 6.07) is -0.114. The van der Waals surface area contributed by atoms with Crippen LogP contribution >= 0.6 is 0 Å². The summed E-state index contributed by atoms with van der Waals surface area (Å²) in [6.07, 6.45) is 2.69. The molecule has 0 aromatic carbocycles. The van der Waals surface area contributed by atoms with Crippen molar-refractivity contribution in [1.29, 1.82) is 0 Å². The van der Waals surface area contributed by atoms with E-state index in [2.05, 4.69) is 20.3 Å². The standard InChI is InChI=1S/C13H22N6O2/c1-3-15-11-16-12(18-13(17-11)21-4-2)19-8-6-5-7-9(19)10(14)20/h9H,3-8H2,1-2H3,(H2,14,20)(H,15,16,17,18). The highest BCUT2D eigenvalue weighted by molar-refractivity contribution is 5.83. The zero-order chi connectivity index (χ0) is 15.2. The van der Waals surface area contributed by atoms with Gasteiger partial charge in [-0.25, -0.2) is 0 Å². The number of rotatable bonds is 6. The number of hydrogen-bond acceptors (Lipinski definition) is 7. The molecule has 1 atom stereocenters. The van der Waals surface area contributed by atoms with Crippen molar-refractivity contribution in [1.82, 2.24) is 15.0 Å². The molecule has 21 heavy (non-hydrogen) atoms. The third-order valence-electron chi connectivity index (χ3n) is 3.30. The normalized spacial score (nSPS) is 18.4. The molecule has 0 saturated carbocycles. The first-order chi connectivity index (χ1) is 10.2. The third-order valence-corrected chi connectivity index (χ3v) is 3.30. The van der Waals surface area contributed by atoms with Crippen LogP contribution in [-0.4, -0.2) is 46.6 Å². The smallest absolute Gasteiger partial charge is 0.323 e. The fraction of sp³-hybridized carbons (Fsp3) is 0.692. The van der Waals surface area contributed by atoms with Gasteiger partial charge in [-0.2, -0.15) is 15.0 Å². The third kappa shape index (κ3) is 3.71. The van der Waals surface area contributed by atoms with Crippen LogP contribution < -0.4 is 20.7 Å². The summed E-state index contributed by atoms with van der Waals surface area (Å²) in [5.41, 5.74) is 5.49. The Hall–Kier alpha value is -2.12. The molecule has 8 nitrogen and oxygen atoms in total. The molecular formula is C13H22N6O2. The predicted octanol–water partition coefficient (Wildman–Crippen LogP) is 0.546. The Labute approximate surface area is 124 Å². The fourth-order valence-corrected chi connectivity index (χ4v) is 2.37. The van der Waals surface area contributed by atoms with E-state index in [-0.39, 0.29) is 18.0 Å². The molecule has 0 spiro atoms. The Balaban J connectivity index is 2.32. The van der Waals surface area contributed by atoms with Crippen molar-refractivity contribution in [3.63, 3.8) is 0 Å². The lowest BCUT2D eigenvalue weighted by molar-refractivity contribution is -0.119. The second-order valence-corrected chi connectivity index (χ2v) is 4.81. The summed E-state index contributed by atoms with van der Waals surface area (Å²) in [5.74, 6) is 0.533. The first-order valence-electron chi connectivity index (χ1n) is 7.34. The SMILES string of the molecule is CCNc1nc(OCC)nc(N2CCCCC2C(N)=O)n1. The first-order valence-corrected chi connectivity index (χ1v) is 7.34. The largest absolute Gasteiger partial charge is 0.464 e. The molecule has 1 aromatic rings. The summed E-state index contributed by atoms with van der Waals surface area (Å²) in [4.78, 5) is 26.3. The van der Waals surface area contributed by atoms with Crippen LogP contribution in [0.4, 0.5) is 11.9 Å². The molecule has 3 N–H and O–H groups in total. The van der Waals surface area contributed by atoms with Gasteiger partial charge in [-0.1, -0.05) is 0 Å². The number of hydrogen-bond donors (Lipinski definition) is 2. The Morgan fingerprint density at radius 2 is 2.19 bits per heavy atom. The highest BCUT2D eigenvalue weighted by atomic mass is 16.5. The summed E-state index contributed by atoms with van der Waals surface area (Å²) >= 11 is 0. The number of piperidine rings is 1. The van der Waals surface area contributed by atoms with Crippen LogP contribution in [0.2, 0.25) is 0 Å². The minimum absolute atomic E-state index is 0.257. The molecule has 1 aromatic heterocycles. The van der Waals surface area contributed by atoms with E-state index < -0.39 is 0 Å². The maximum atomic E-state index is 11.6. The highest BCUT2D eigenvalue weighted by Crippen LogP contribution is 2.23. The van der Waals surface area contributed by atoms with Gasteiger partial charge in [0, 0.05) is 13.1 Å². The first kappa shape index (κ1) is 15.3. The lowest BCUT2D eigenvalue weighted by atomic mass is 10.0. The van der Waals surface area contributed by atoms with Crippen LogP contribution in [0.1, 0.15) is 33.1 Å². The van der Waals surface area contributed by atoms with Crippen LogP contribution in [0.15, 0.2) is 0 Å². The predicted molar refractivity (Wildman–Crippen MR) is 79.3 cm³/mol. The van der Waals surface area contributed by atoms with Crippen molar-refractivity contribution in [2.24, 2.45) is 5.73 Å². The lowest BCUT2D eigenvalue weighted by Crippen LogP contribution is -2.48. The molecule has 1 saturated heterocycles. The average molecular weight is 294 g/mol. The molecule has 1 unspecified atom stereocenters. The number of primary amides is 1. The number of amides is 1. The summed E-state index contributed by atoms with van der Waals surface area (Å²) in [5, 5.41) is 3.04. The highest BCUT2D eigenvalue weighted by Gasteiger charge is 2.29. The number of nitrogens with one attached hydrogen (secondary N) is 1. The molecule has 2 rings (SSSR count). The monoisotopic (exact) mass is 294 g/mol. The number of carbonyl (C=O) groups excluding carboxylic acids is 1. The van der Waals surface area contributed by atoms with Crippen LogP contribution in [-0.2, 0) is 4.79 Å². The maximum Gasteiger partial charge on any atom is 0.323 e. The number of nitrogens with two attached hydrogens (primary N) is 1. The summed E-state index contributed by atoms with van der Waals surface area (Å²) in [7, 11) is 0. The Morgan fingerprint density at radius 3 is 2.86 bits per heavy atom. The van der Waals surface area contributed by atoms with Crippen LogP contribution in [0.5, 0.6) is 6.01 Å². The van der Waals surface area contributed by atoms with Gasteiger partial charge in [0.15, 0.2) is 0 Å². The van der Waals surface area contributed by atoms with Crippen molar-refractivity contribution in [2.75, 3.05) is 29.9 Å². The maximum absolute atomic E-state index is 11.6. The Kier molecular flexibility index (Phi) is 5.13. The lowest BCUT2D eigenvalue weighted by Gasteiger charge is -2.33. The van der Waals surface area contributed by atoms with E-state index in [0.29, 0.717) is 31.6 Å². The second kappa shape index (κ2) is 7.05. The van der Waals surface area contributed by atoms with E-state index in [4.69, 9.17) is 10.5 Å². The minimum atomic E-state index is -0.370.